The van der Waals surface area contributed by atoms with Crippen molar-refractivity contribution in [1.82, 2.24) is 19.9 Å². The lowest BCUT2D eigenvalue weighted by Gasteiger charge is -2.39. The standard InChI is InChI=1S/C15H18N4O3/c1-15(7-3-2-4-11(15)14(21)22)17-13(20)10-5-6-12-18-16-9-19(12)8-10/h5-6,8-9,11H,2-4,7H2,1H3,(H,17,20)(H,21,22). The predicted octanol–water partition coefficient (Wildman–Crippen LogP) is 1.49. The van der Waals surface area contributed by atoms with Gasteiger partial charge in [-0.1, -0.05) is 12.8 Å². The van der Waals surface area contributed by atoms with Gasteiger partial charge in [-0.2, -0.15) is 0 Å². The number of carbonyl (C=O) groups excluding carboxylic acids is 1. The molecule has 1 amide bonds. The van der Waals surface area contributed by atoms with Gasteiger partial charge in [-0.15, -0.1) is 10.2 Å². The van der Waals surface area contributed by atoms with E-state index in [1.165, 1.54) is 6.33 Å². The van der Waals surface area contributed by atoms with E-state index < -0.39 is 17.4 Å². The van der Waals surface area contributed by atoms with Crippen LogP contribution in [0, 0.1) is 5.92 Å². The van der Waals surface area contributed by atoms with Crippen LogP contribution in [0.25, 0.3) is 5.65 Å². The van der Waals surface area contributed by atoms with E-state index in [0.717, 1.165) is 12.8 Å². The fourth-order valence-corrected chi connectivity index (χ4v) is 3.17. The van der Waals surface area contributed by atoms with Gasteiger partial charge in [0.1, 0.15) is 6.33 Å². The molecule has 2 unspecified atom stereocenters. The first-order chi connectivity index (χ1) is 10.5. The molecule has 2 heterocycles. The van der Waals surface area contributed by atoms with E-state index in [1.54, 1.807) is 22.7 Å². The van der Waals surface area contributed by atoms with E-state index in [1.807, 2.05) is 6.92 Å². The van der Waals surface area contributed by atoms with Crippen LogP contribution < -0.4 is 5.32 Å². The van der Waals surface area contributed by atoms with Gasteiger partial charge >= 0.3 is 5.97 Å². The average Bonchev–Trinajstić information content (AvgIpc) is 2.94. The van der Waals surface area contributed by atoms with Crippen LogP contribution in [0.1, 0.15) is 43.0 Å². The zero-order valence-electron chi connectivity index (χ0n) is 12.3. The molecule has 1 aliphatic carbocycles. The van der Waals surface area contributed by atoms with Gasteiger partial charge in [0.05, 0.1) is 17.0 Å². The summed E-state index contributed by atoms with van der Waals surface area (Å²) in [5, 5.41) is 20.0. The van der Waals surface area contributed by atoms with E-state index in [4.69, 9.17) is 0 Å². The van der Waals surface area contributed by atoms with Gasteiger partial charge in [-0.3, -0.25) is 14.0 Å². The molecule has 0 aromatic carbocycles. The highest BCUT2D eigenvalue weighted by molar-refractivity contribution is 5.95. The molecule has 2 aromatic rings. The van der Waals surface area contributed by atoms with Gasteiger partial charge in [0.2, 0.25) is 0 Å². The van der Waals surface area contributed by atoms with Crippen LogP contribution in [-0.4, -0.2) is 37.1 Å². The zero-order chi connectivity index (χ0) is 15.7. The molecule has 0 radical (unpaired) electrons. The van der Waals surface area contributed by atoms with Crippen molar-refractivity contribution in [2.75, 3.05) is 0 Å². The fourth-order valence-electron chi connectivity index (χ4n) is 3.17. The third kappa shape index (κ3) is 2.54. The van der Waals surface area contributed by atoms with Crippen molar-refractivity contribution in [3.63, 3.8) is 0 Å². The number of nitrogens with one attached hydrogen (secondary N) is 1. The first-order valence-corrected chi connectivity index (χ1v) is 7.34. The van der Waals surface area contributed by atoms with Gasteiger partial charge in [0, 0.05) is 6.20 Å². The Balaban J connectivity index is 1.83. The van der Waals surface area contributed by atoms with E-state index >= 15 is 0 Å². The van der Waals surface area contributed by atoms with Crippen molar-refractivity contribution in [3.05, 3.63) is 30.2 Å². The summed E-state index contributed by atoms with van der Waals surface area (Å²) in [5.74, 6) is -1.67. The monoisotopic (exact) mass is 302 g/mol. The molecule has 3 rings (SSSR count). The quantitative estimate of drug-likeness (QED) is 0.895. The maximum Gasteiger partial charge on any atom is 0.308 e. The zero-order valence-corrected chi connectivity index (χ0v) is 12.3. The van der Waals surface area contributed by atoms with Gasteiger partial charge in [0.15, 0.2) is 5.65 Å². The molecule has 116 valence electrons. The minimum atomic E-state index is -0.850. The SMILES string of the molecule is CC1(NC(=O)c2ccc3nncn3c2)CCCCC1C(=O)O. The maximum absolute atomic E-state index is 12.5. The third-order valence-corrected chi connectivity index (χ3v) is 4.46. The number of nitrogens with zero attached hydrogens (tertiary/aromatic N) is 3. The van der Waals surface area contributed by atoms with Crippen molar-refractivity contribution in [2.45, 2.75) is 38.1 Å². The number of carboxylic acids is 1. The summed E-state index contributed by atoms with van der Waals surface area (Å²) in [5.41, 5.74) is 0.399. The summed E-state index contributed by atoms with van der Waals surface area (Å²) in [6, 6.07) is 3.38. The third-order valence-electron chi connectivity index (χ3n) is 4.46. The second kappa shape index (κ2) is 5.40. The minimum Gasteiger partial charge on any atom is -0.481 e. The van der Waals surface area contributed by atoms with Crippen molar-refractivity contribution < 1.29 is 14.7 Å². The number of carboxylic acid groups (broad SMARTS) is 1. The number of carbonyl (C=O) groups is 2. The second-order valence-corrected chi connectivity index (χ2v) is 6.02. The molecule has 1 fully saturated rings. The number of hydrogen-bond donors (Lipinski definition) is 2. The van der Waals surface area contributed by atoms with Crippen LogP contribution in [-0.2, 0) is 4.79 Å². The van der Waals surface area contributed by atoms with Crippen LogP contribution in [0.2, 0.25) is 0 Å². The molecule has 0 spiro atoms. The topological polar surface area (TPSA) is 96.6 Å². The summed E-state index contributed by atoms with van der Waals surface area (Å²) >= 11 is 0. The Kier molecular flexibility index (Phi) is 3.56. The number of amides is 1. The maximum atomic E-state index is 12.5. The molecule has 2 atom stereocenters. The van der Waals surface area contributed by atoms with Crippen LogP contribution in [0.5, 0.6) is 0 Å². The number of aliphatic carboxylic acids is 1. The van der Waals surface area contributed by atoms with E-state index in [-0.39, 0.29) is 5.91 Å². The summed E-state index contributed by atoms with van der Waals surface area (Å²) in [4.78, 5) is 23.9. The van der Waals surface area contributed by atoms with Gasteiger partial charge in [0.25, 0.3) is 5.91 Å². The molecule has 2 N–H and O–H groups in total. The van der Waals surface area contributed by atoms with Crippen molar-refractivity contribution in [1.29, 1.82) is 0 Å². The summed E-state index contributed by atoms with van der Waals surface area (Å²) in [6.07, 6.45) is 6.24. The van der Waals surface area contributed by atoms with Crippen molar-refractivity contribution >= 4 is 17.5 Å². The average molecular weight is 302 g/mol. The lowest BCUT2D eigenvalue weighted by molar-refractivity contribution is -0.145. The largest absolute Gasteiger partial charge is 0.481 e. The minimum absolute atomic E-state index is 0.272. The molecule has 1 saturated carbocycles. The van der Waals surface area contributed by atoms with Gasteiger partial charge in [-0.25, -0.2) is 0 Å². The molecule has 1 aliphatic rings. The predicted molar refractivity (Wildman–Crippen MR) is 78.5 cm³/mol. The Morgan fingerprint density at radius 2 is 2.23 bits per heavy atom. The fraction of sp³-hybridized carbons (Fsp3) is 0.467. The number of pyridine rings is 1. The Morgan fingerprint density at radius 1 is 1.41 bits per heavy atom. The highest BCUT2D eigenvalue weighted by atomic mass is 16.4. The van der Waals surface area contributed by atoms with Gasteiger partial charge < -0.3 is 10.4 Å². The molecule has 7 heteroatoms. The molecule has 0 aliphatic heterocycles. The van der Waals surface area contributed by atoms with Gasteiger partial charge in [-0.05, 0) is 31.9 Å². The van der Waals surface area contributed by atoms with Crippen molar-refractivity contribution in [2.24, 2.45) is 5.92 Å². The van der Waals surface area contributed by atoms with Crippen LogP contribution >= 0.6 is 0 Å². The molecule has 0 saturated heterocycles. The Bertz CT molecular complexity index is 726. The molecular formula is C15H18N4O3. The first-order valence-electron chi connectivity index (χ1n) is 7.34. The smallest absolute Gasteiger partial charge is 0.308 e. The molecule has 2 aromatic heterocycles. The highest BCUT2D eigenvalue weighted by Gasteiger charge is 2.42. The highest BCUT2D eigenvalue weighted by Crippen LogP contribution is 2.34. The van der Waals surface area contributed by atoms with E-state index in [9.17, 15) is 14.7 Å². The van der Waals surface area contributed by atoms with Crippen LogP contribution in [0.3, 0.4) is 0 Å². The lowest BCUT2D eigenvalue weighted by Crippen LogP contribution is -2.55. The summed E-state index contributed by atoms with van der Waals surface area (Å²) in [7, 11) is 0. The number of rotatable bonds is 3. The first kappa shape index (κ1) is 14.5. The Morgan fingerprint density at radius 3 is 3.00 bits per heavy atom. The molecular weight excluding hydrogens is 284 g/mol. The Hall–Kier alpha value is -2.44. The van der Waals surface area contributed by atoms with Crippen LogP contribution in [0.15, 0.2) is 24.7 Å². The number of aromatic nitrogens is 3. The second-order valence-electron chi connectivity index (χ2n) is 6.02. The molecule has 7 nitrogen and oxygen atoms in total. The normalized spacial score (nSPS) is 25.0. The Labute approximate surface area is 127 Å². The summed E-state index contributed by atoms with van der Waals surface area (Å²) in [6.45, 7) is 1.82. The molecule has 0 bridgehead atoms. The van der Waals surface area contributed by atoms with E-state index in [0.29, 0.717) is 24.1 Å². The van der Waals surface area contributed by atoms with Crippen molar-refractivity contribution in [3.8, 4) is 0 Å². The number of fused-ring (bicyclic) bond motifs is 1. The number of hydrogen-bond acceptors (Lipinski definition) is 4. The summed E-state index contributed by atoms with van der Waals surface area (Å²) < 4.78 is 1.66. The molecule has 22 heavy (non-hydrogen) atoms. The van der Waals surface area contributed by atoms with Crippen LogP contribution in [0.4, 0.5) is 0 Å². The van der Waals surface area contributed by atoms with E-state index in [2.05, 4.69) is 15.5 Å². The lowest BCUT2D eigenvalue weighted by atomic mass is 9.74.